The predicted octanol–water partition coefficient (Wildman–Crippen LogP) is 2.90. The zero-order valence-corrected chi connectivity index (χ0v) is 16.1. The lowest BCUT2D eigenvalue weighted by molar-refractivity contribution is 0.0932. The zero-order valence-electron chi connectivity index (χ0n) is 16.1. The Kier molecular flexibility index (Phi) is 5.46. The molecule has 1 N–H and O–H groups in total. The van der Waals surface area contributed by atoms with E-state index >= 15 is 0 Å². The van der Waals surface area contributed by atoms with E-state index in [0.717, 1.165) is 56.0 Å². The van der Waals surface area contributed by atoms with Crippen molar-refractivity contribution in [2.75, 3.05) is 0 Å². The van der Waals surface area contributed by atoms with Crippen LogP contribution in [-0.2, 0) is 25.8 Å². The fourth-order valence-corrected chi connectivity index (χ4v) is 3.65. The van der Waals surface area contributed by atoms with Gasteiger partial charge in [-0.15, -0.1) is 10.2 Å². The number of rotatable bonds is 5. The minimum absolute atomic E-state index is 0.0560. The normalized spacial score (nSPS) is 16.2. The molecule has 1 unspecified atom stereocenters. The minimum atomic E-state index is -0.0560. The van der Waals surface area contributed by atoms with Crippen molar-refractivity contribution in [3.05, 3.63) is 77.1 Å². The first-order valence-electron chi connectivity index (χ1n) is 9.87. The molecule has 28 heavy (non-hydrogen) atoms. The Balaban J connectivity index is 1.36. The summed E-state index contributed by atoms with van der Waals surface area (Å²) in [5.41, 5.74) is 2.83. The van der Waals surface area contributed by atoms with E-state index < -0.39 is 0 Å². The topological polar surface area (TPSA) is 72.7 Å². The Hall–Kier alpha value is -3.02. The average Bonchev–Trinajstić information content (AvgIpc) is 3.00. The van der Waals surface area contributed by atoms with E-state index in [0.29, 0.717) is 5.56 Å². The second kappa shape index (κ2) is 8.33. The monoisotopic (exact) mass is 375 g/mol. The highest BCUT2D eigenvalue weighted by molar-refractivity contribution is 5.94. The highest BCUT2D eigenvalue weighted by Crippen LogP contribution is 2.17. The molecule has 1 aliphatic rings. The van der Waals surface area contributed by atoms with Crippen molar-refractivity contribution in [2.24, 2.45) is 0 Å². The molecule has 6 heteroatoms. The van der Waals surface area contributed by atoms with E-state index in [1.165, 1.54) is 5.56 Å². The number of aryl methyl sites for hydroxylation is 4. The number of aromatic nitrogens is 4. The molecule has 3 heterocycles. The molecular formula is C22H25N5O. The van der Waals surface area contributed by atoms with E-state index in [1.807, 2.05) is 25.1 Å². The average molecular weight is 375 g/mol. The first kappa shape index (κ1) is 18.3. The third-order valence-corrected chi connectivity index (χ3v) is 5.31. The third kappa shape index (κ3) is 4.27. The number of hydrogen-bond donors (Lipinski definition) is 1. The van der Waals surface area contributed by atoms with Gasteiger partial charge in [0.1, 0.15) is 11.6 Å². The maximum absolute atomic E-state index is 12.5. The molecule has 1 atom stereocenters. The van der Waals surface area contributed by atoms with Crippen molar-refractivity contribution in [1.82, 2.24) is 25.1 Å². The van der Waals surface area contributed by atoms with E-state index in [-0.39, 0.29) is 11.9 Å². The summed E-state index contributed by atoms with van der Waals surface area (Å²) in [6.07, 6.45) is 6.06. The molecule has 2 aromatic heterocycles. The number of pyridine rings is 1. The number of benzene rings is 1. The Morgan fingerprint density at radius 2 is 1.96 bits per heavy atom. The summed E-state index contributed by atoms with van der Waals surface area (Å²) in [7, 11) is 0. The smallest absolute Gasteiger partial charge is 0.253 e. The summed E-state index contributed by atoms with van der Waals surface area (Å²) in [5, 5.41) is 12.0. The van der Waals surface area contributed by atoms with Gasteiger partial charge in [-0.2, -0.15) is 0 Å². The Bertz CT molecular complexity index is 933. The molecule has 144 valence electrons. The number of nitrogens with one attached hydrogen (secondary N) is 1. The summed E-state index contributed by atoms with van der Waals surface area (Å²) in [4.78, 5) is 16.7. The molecule has 0 bridgehead atoms. The molecule has 0 spiro atoms. The second-order valence-electron chi connectivity index (χ2n) is 7.36. The molecular weight excluding hydrogens is 350 g/mol. The Morgan fingerprint density at radius 3 is 2.75 bits per heavy atom. The van der Waals surface area contributed by atoms with Crippen molar-refractivity contribution in [3.8, 4) is 0 Å². The lowest BCUT2D eigenvalue weighted by Crippen LogP contribution is -2.35. The molecule has 0 fully saturated rings. The summed E-state index contributed by atoms with van der Waals surface area (Å²) >= 11 is 0. The van der Waals surface area contributed by atoms with E-state index in [2.05, 4.69) is 49.3 Å². The maximum atomic E-state index is 12.5. The van der Waals surface area contributed by atoms with Crippen molar-refractivity contribution in [3.63, 3.8) is 0 Å². The van der Waals surface area contributed by atoms with Crippen LogP contribution in [-0.4, -0.2) is 31.7 Å². The Labute approximate surface area is 165 Å². The van der Waals surface area contributed by atoms with Crippen LogP contribution in [0.2, 0.25) is 0 Å². The van der Waals surface area contributed by atoms with Crippen LogP contribution in [0.15, 0.2) is 48.7 Å². The van der Waals surface area contributed by atoms with Crippen LogP contribution in [0.4, 0.5) is 0 Å². The van der Waals surface area contributed by atoms with Gasteiger partial charge >= 0.3 is 0 Å². The van der Waals surface area contributed by atoms with Crippen LogP contribution in [0.25, 0.3) is 0 Å². The number of amides is 1. The third-order valence-electron chi connectivity index (χ3n) is 5.31. The van der Waals surface area contributed by atoms with E-state index in [9.17, 15) is 4.79 Å². The van der Waals surface area contributed by atoms with Gasteiger partial charge in [0.05, 0.1) is 5.56 Å². The van der Waals surface area contributed by atoms with Gasteiger partial charge < -0.3 is 9.88 Å². The van der Waals surface area contributed by atoms with Gasteiger partial charge in [-0.05, 0) is 43.9 Å². The SMILES string of the molecule is Cc1ccc(C(=O)NC2CCc3nnc(CCc4ccccc4)n3CC2)cn1. The first-order valence-corrected chi connectivity index (χ1v) is 9.87. The van der Waals surface area contributed by atoms with Gasteiger partial charge in [0.15, 0.2) is 0 Å². The molecule has 3 aromatic rings. The zero-order chi connectivity index (χ0) is 19.3. The van der Waals surface area contributed by atoms with Crippen molar-refractivity contribution < 1.29 is 4.79 Å². The van der Waals surface area contributed by atoms with Crippen LogP contribution in [0.3, 0.4) is 0 Å². The first-order chi connectivity index (χ1) is 13.7. The number of fused-ring (bicyclic) bond motifs is 1. The number of nitrogens with zero attached hydrogens (tertiary/aromatic N) is 4. The van der Waals surface area contributed by atoms with Crippen molar-refractivity contribution in [2.45, 2.75) is 51.6 Å². The van der Waals surface area contributed by atoms with Crippen LogP contribution < -0.4 is 5.32 Å². The molecule has 0 aliphatic carbocycles. The van der Waals surface area contributed by atoms with Gasteiger partial charge in [0.25, 0.3) is 5.91 Å². The molecule has 1 amide bonds. The van der Waals surface area contributed by atoms with Gasteiger partial charge in [-0.1, -0.05) is 30.3 Å². The summed E-state index contributed by atoms with van der Waals surface area (Å²) in [6.45, 7) is 2.75. The van der Waals surface area contributed by atoms with Crippen molar-refractivity contribution >= 4 is 5.91 Å². The quantitative estimate of drug-likeness (QED) is 0.744. The van der Waals surface area contributed by atoms with Crippen LogP contribution in [0.1, 0.15) is 46.1 Å². The van der Waals surface area contributed by atoms with Gasteiger partial charge in [0, 0.05) is 37.3 Å². The molecule has 0 radical (unpaired) electrons. The molecule has 0 saturated carbocycles. The fraction of sp³-hybridized carbons (Fsp3) is 0.364. The van der Waals surface area contributed by atoms with Crippen LogP contribution in [0.5, 0.6) is 0 Å². The van der Waals surface area contributed by atoms with Gasteiger partial charge in [0.2, 0.25) is 0 Å². The summed E-state index contributed by atoms with van der Waals surface area (Å²) < 4.78 is 2.24. The fourth-order valence-electron chi connectivity index (χ4n) is 3.65. The van der Waals surface area contributed by atoms with E-state index in [1.54, 1.807) is 6.20 Å². The van der Waals surface area contributed by atoms with Crippen LogP contribution in [0, 0.1) is 6.92 Å². The summed E-state index contributed by atoms with van der Waals surface area (Å²) in [6, 6.07) is 14.3. The number of carbonyl (C=O) groups excluding carboxylic acids is 1. The van der Waals surface area contributed by atoms with E-state index in [4.69, 9.17) is 0 Å². The molecule has 1 aromatic carbocycles. The lowest BCUT2D eigenvalue weighted by Gasteiger charge is -2.16. The molecule has 1 aliphatic heterocycles. The molecule has 0 saturated heterocycles. The van der Waals surface area contributed by atoms with Crippen LogP contribution >= 0.6 is 0 Å². The number of carbonyl (C=O) groups is 1. The highest BCUT2D eigenvalue weighted by Gasteiger charge is 2.22. The molecule has 4 rings (SSSR count). The molecule has 6 nitrogen and oxygen atoms in total. The minimum Gasteiger partial charge on any atom is -0.349 e. The van der Waals surface area contributed by atoms with Gasteiger partial charge in [-0.3, -0.25) is 9.78 Å². The Morgan fingerprint density at radius 1 is 1.11 bits per heavy atom. The lowest BCUT2D eigenvalue weighted by atomic mass is 10.1. The number of hydrogen-bond acceptors (Lipinski definition) is 4. The standard InChI is InChI=1S/C22H25N5O/c1-16-7-9-18(15-23-16)22(28)24-19-10-12-21-26-25-20(27(21)14-13-19)11-8-17-5-3-2-4-6-17/h2-7,9,15,19H,8,10-14H2,1H3,(H,24,28). The predicted molar refractivity (Wildman–Crippen MR) is 107 cm³/mol. The van der Waals surface area contributed by atoms with Gasteiger partial charge in [-0.25, -0.2) is 0 Å². The second-order valence-corrected chi connectivity index (χ2v) is 7.36. The van der Waals surface area contributed by atoms with Crippen molar-refractivity contribution in [1.29, 1.82) is 0 Å². The largest absolute Gasteiger partial charge is 0.349 e. The summed E-state index contributed by atoms with van der Waals surface area (Å²) in [5.74, 6) is 2.00. The maximum Gasteiger partial charge on any atom is 0.253 e. The highest BCUT2D eigenvalue weighted by atomic mass is 16.1.